The van der Waals surface area contributed by atoms with Crippen molar-refractivity contribution >= 4 is 5.91 Å². The first-order valence-corrected chi connectivity index (χ1v) is 9.22. The third-order valence-electron chi connectivity index (χ3n) is 5.56. The summed E-state index contributed by atoms with van der Waals surface area (Å²) in [4.78, 5) is 16.9. The first kappa shape index (κ1) is 17.4. The summed E-state index contributed by atoms with van der Waals surface area (Å²) in [7, 11) is 1.80. The predicted molar refractivity (Wildman–Crippen MR) is 92.6 cm³/mol. The molecular formula is C18H30N4O2. The van der Waals surface area contributed by atoms with Crippen molar-refractivity contribution < 1.29 is 9.53 Å². The lowest BCUT2D eigenvalue weighted by Gasteiger charge is -2.40. The van der Waals surface area contributed by atoms with Gasteiger partial charge in [-0.1, -0.05) is 0 Å². The molecule has 2 aliphatic rings. The average Bonchev–Trinajstić information content (AvgIpc) is 3.25. The fourth-order valence-corrected chi connectivity index (χ4v) is 4.08. The molecule has 0 spiro atoms. The van der Waals surface area contributed by atoms with Gasteiger partial charge in [0.2, 0.25) is 5.91 Å². The number of likely N-dealkylation sites (tertiary alicyclic amines) is 2. The number of amides is 1. The molecule has 3 rings (SSSR count). The van der Waals surface area contributed by atoms with Crippen molar-refractivity contribution in [3.63, 3.8) is 0 Å². The third-order valence-corrected chi connectivity index (χ3v) is 5.56. The van der Waals surface area contributed by atoms with Crippen LogP contribution in [0.25, 0.3) is 0 Å². The monoisotopic (exact) mass is 334 g/mol. The van der Waals surface area contributed by atoms with Crippen LogP contribution in [-0.2, 0) is 16.1 Å². The molecule has 1 amide bonds. The number of ether oxygens (including phenoxy) is 1. The minimum atomic E-state index is 0.220. The summed E-state index contributed by atoms with van der Waals surface area (Å²) >= 11 is 0. The normalized spacial score (nSPS) is 25.3. The summed E-state index contributed by atoms with van der Waals surface area (Å²) in [5.41, 5.74) is 2.36. The van der Waals surface area contributed by atoms with Gasteiger partial charge in [0.1, 0.15) is 0 Å². The molecule has 2 saturated heterocycles. The van der Waals surface area contributed by atoms with Crippen LogP contribution in [0.5, 0.6) is 0 Å². The van der Waals surface area contributed by atoms with Gasteiger partial charge in [0.05, 0.1) is 12.3 Å². The van der Waals surface area contributed by atoms with E-state index in [9.17, 15) is 4.79 Å². The Balaban J connectivity index is 1.62. The molecule has 3 heterocycles. The van der Waals surface area contributed by atoms with Crippen molar-refractivity contribution in [1.82, 2.24) is 20.0 Å². The van der Waals surface area contributed by atoms with E-state index in [0.717, 1.165) is 64.0 Å². The number of methoxy groups -OCH3 is 1. The Hall–Kier alpha value is -1.40. The standard InChI is InChI=1S/C18H30N4O2/c1-14-15(12-19-20-14)13-22-11-5-6-17(24-2)16(22)7-8-18(23)21-9-3-4-10-21/h12,16-17H,3-11,13H2,1-2H3,(H,19,20)/t16-,17-/m0/s1. The predicted octanol–water partition coefficient (Wildman–Crippen LogP) is 2.10. The van der Waals surface area contributed by atoms with Gasteiger partial charge in [0.25, 0.3) is 0 Å². The van der Waals surface area contributed by atoms with E-state index in [-0.39, 0.29) is 6.10 Å². The summed E-state index contributed by atoms with van der Waals surface area (Å²) < 4.78 is 5.75. The number of piperidine rings is 1. The van der Waals surface area contributed by atoms with Crippen molar-refractivity contribution in [2.45, 2.75) is 64.1 Å². The molecule has 6 nitrogen and oxygen atoms in total. The Morgan fingerprint density at radius 2 is 2.12 bits per heavy atom. The number of aromatic nitrogens is 2. The van der Waals surface area contributed by atoms with Gasteiger partial charge in [-0.3, -0.25) is 14.8 Å². The van der Waals surface area contributed by atoms with Crippen LogP contribution in [0.2, 0.25) is 0 Å². The van der Waals surface area contributed by atoms with Crippen LogP contribution in [0.15, 0.2) is 6.20 Å². The molecule has 0 bridgehead atoms. The van der Waals surface area contributed by atoms with Crippen LogP contribution in [0.3, 0.4) is 0 Å². The van der Waals surface area contributed by atoms with Crippen LogP contribution in [0.4, 0.5) is 0 Å². The van der Waals surface area contributed by atoms with E-state index in [1.807, 2.05) is 11.1 Å². The SMILES string of the molecule is CO[C@H]1CCCN(Cc2cn[nH]c2C)[C@H]1CCC(=O)N1CCCC1. The van der Waals surface area contributed by atoms with Crippen LogP contribution in [-0.4, -0.2) is 64.8 Å². The molecule has 6 heteroatoms. The van der Waals surface area contributed by atoms with E-state index in [2.05, 4.69) is 22.0 Å². The molecule has 1 aromatic heterocycles. The molecule has 0 unspecified atom stereocenters. The molecule has 1 N–H and O–H groups in total. The largest absolute Gasteiger partial charge is 0.380 e. The van der Waals surface area contributed by atoms with Gasteiger partial charge in [0.15, 0.2) is 0 Å². The number of aromatic amines is 1. The smallest absolute Gasteiger partial charge is 0.222 e. The molecule has 0 aromatic carbocycles. The molecule has 2 aliphatic heterocycles. The van der Waals surface area contributed by atoms with Crippen molar-refractivity contribution in [2.24, 2.45) is 0 Å². The molecule has 134 valence electrons. The Kier molecular flexibility index (Phi) is 5.89. The maximum atomic E-state index is 12.4. The quantitative estimate of drug-likeness (QED) is 0.865. The van der Waals surface area contributed by atoms with E-state index in [1.54, 1.807) is 7.11 Å². The topological polar surface area (TPSA) is 61.5 Å². The zero-order chi connectivity index (χ0) is 16.9. The molecule has 0 aliphatic carbocycles. The minimum Gasteiger partial charge on any atom is -0.380 e. The molecule has 0 radical (unpaired) electrons. The molecule has 2 fully saturated rings. The molecule has 24 heavy (non-hydrogen) atoms. The van der Waals surface area contributed by atoms with Gasteiger partial charge in [-0.25, -0.2) is 0 Å². The van der Waals surface area contributed by atoms with Gasteiger partial charge >= 0.3 is 0 Å². The summed E-state index contributed by atoms with van der Waals surface area (Å²) in [5.74, 6) is 0.312. The van der Waals surface area contributed by atoms with Gasteiger partial charge in [-0.05, 0) is 45.6 Å². The second-order valence-electron chi connectivity index (χ2n) is 7.10. The van der Waals surface area contributed by atoms with Gasteiger partial charge < -0.3 is 9.64 Å². The Labute approximate surface area is 144 Å². The highest BCUT2D eigenvalue weighted by Crippen LogP contribution is 2.26. The van der Waals surface area contributed by atoms with E-state index in [1.165, 1.54) is 5.56 Å². The summed E-state index contributed by atoms with van der Waals surface area (Å²) in [5, 5.41) is 7.15. The fraction of sp³-hybridized carbons (Fsp3) is 0.778. The Bertz CT molecular complexity index is 539. The van der Waals surface area contributed by atoms with Gasteiger partial charge in [0, 0.05) is 50.5 Å². The van der Waals surface area contributed by atoms with E-state index in [0.29, 0.717) is 18.4 Å². The average molecular weight is 334 g/mol. The highest BCUT2D eigenvalue weighted by atomic mass is 16.5. The van der Waals surface area contributed by atoms with Crippen LogP contribution in [0, 0.1) is 6.92 Å². The second kappa shape index (κ2) is 8.12. The Morgan fingerprint density at radius 1 is 1.33 bits per heavy atom. The number of H-pyrrole nitrogens is 1. The summed E-state index contributed by atoms with van der Waals surface area (Å²) in [6.45, 7) is 5.88. The zero-order valence-corrected chi connectivity index (χ0v) is 15.0. The maximum absolute atomic E-state index is 12.4. The number of aryl methyl sites for hydroxylation is 1. The van der Waals surface area contributed by atoms with Crippen LogP contribution >= 0.6 is 0 Å². The summed E-state index contributed by atoms with van der Waals surface area (Å²) in [6.07, 6.45) is 8.18. The van der Waals surface area contributed by atoms with Crippen LogP contribution in [0.1, 0.15) is 49.8 Å². The fourth-order valence-electron chi connectivity index (χ4n) is 4.08. The highest BCUT2D eigenvalue weighted by molar-refractivity contribution is 5.76. The molecule has 1 aromatic rings. The molecule has 2 atom stereocenters. The van der Waals surface area contributed by atoms with Gasteiger partial charge in [-0.2, -0.15) is 5.10 Å². The van der Waals surface area contributed by atoms with Crippen molar-refractivity contribution in [3.05, 3.63) is 17.5 Å². The lowest BCUT2D eigenvalue weighted by Crippen LogP contribution is -2.49. The number of rotatable bonds is 6. The van der Waals surface area contributed by atoms with Crippen molar-refractivity contribution in [1.29, 1.82) is 0 Å². The molecule has 0 saturated carbocycles. The number of nitrogens with one attached hydrogen (secondary N) is 1. The van der Waals surface area contributed by atoms with Crippen molar-refractivity contribution in [2.75, 3.05) is 26.7 Å². The number of nitrogens with zero attached hydrogens (tertiary/aromatic N) is 3. The summed E-state index contributed by atoms with van der Waals surface area (Å²) in [6, 6.07) is 0.310. The number of carbonyl (C=O) groups excluding carboxylic acids is 1. The number of hydrogen-bond acceptors (Lipinski definition) is 4. The minimum absolute atomic E-state index is 0.220. The first-order valence-electron chi connectivity index (χ1n) is 9.22. The van der Waals surface area contributed by atoms with Gasteiger partial charge in [-0.15, -0.1) is 0 Å². The first-order chi connectivity index (χ1) is 11.7. The number of carbonyl (C=O) groups is 1. The van der Waals surface area contributed by atoms with E-state index < -0.39 is 0 Å². The van der Waals surface area contributed by atoms with E-state index in [4.69, 9.17) is 4.74 Å². The Morgan fingerprint density at radius 3 is 2.79 bits per heavy atom. The lowest BCUT2D eigenvalue weighted by molar-refractivity contribution is -0.131. The van der Waals surface area contributed by atoms with Crippen LogP contribution < -0.4 is 0 Å². The zero-order valence-electron chi connectivity index (χ0n) is 15.0. The highest BCUT2D eigenvalue weighted by Gasteiger charge is 2.32. The lowest BCUT2D eigenvalue weighted by atomic mass is 9.94. The van der Waals surface area contributed by atoms with E-state index >= 15 is 0 Å². The van der Waals surface area contributed by atoms with Crippen molar-refractivity contribution in [3.8, 4) is 0 Å². The second-order valence-corrected chi connectivity index (χ2v) is 7.10. The third kappa shape index (κ3) is 3.98. The number of hydrogen-bond donors (Lipinski definition) is 1. The molecular weight excluding hydrogens is 304 g/mol. The maximum Gasteiger partial charge on any atom is 0.222 e.